The van der Waals surface area contributed by atoms with Gasteiger partial charge in [-0.2, -0.15) is 0 Å². The molecule has 6 aromatic rings. The molecule has 350 valence electrons. The van der Waals surface area contributed by atoms with Crippen molar-refractivity contribution in [3.05, 3.63) is 154 Å². The van der Waals surface area contributed by atoms with Crippen molar-refractivity contribution in [2.45, 2.75) is 46.1 Å². The molecule has 0 saturated heterocycles. The maximum absolute atomic E-state index is 12.3. The van der Waals surface area contributed by atoms with E-state index >= 15 is 0 Å². The number of aryl methyl sites for hydroxylation is 2. The molecule has 2 heterocycles. The number of hydrogen-bond donors (Lipinski definition) is 8. The van der Waals surface area contributed by atoms with Crippen LogP contribution in [-0.4, -0.2) is 72.8 Å². The summed E-state index contributed by atoms with van der Waals surface area (Å²) in [5.41, 5.74) is 4.59. The van der Waals surface area contributed by atoms with Gasteiger partial charge in [0.1, 0.15) is 34.4 Å². The van der Waals surface area contributed by atoms with Crippen LogP contribution in [0.15, 0.2) is 122 Å². The molecule has 20 heteroatoms. The molecule has 0 aliphatic heterocycles. The second kappa shape index (κ2) is 23.6. The zero-order valence-electron chi connectivity index (χ0n) is 37.7. The van der Waals surface area contributed by atoms with E-state index in [2.05, 4.69) is 41.9 Å². The quantitative estimate of drug-likeness (QED) is 0.0454. The smallest absolute Gasteiger partial charge is 0.323 e. The molecule has 8 N–H and O–H groups in total. The van der Waals surface area contributed by atoms with E-state index in [9.17, 15) is 28.8 Å². The van der Waals surface area contributed by atoms with E-state index in [0.717, 1.165) is 11.1 Å². The number of ether oxygens (including phenoxy) is 2. The number of anilines is 4. The Balaban J connectivity index is 0.000000251. The van der Waals surface area contributed by atoms with E-state index in [1.165, 1.54) is 18.5 Å². The third kappa shape index (κ3) is 17.8. The summed E-state index contributed by atoms with van der Waals surface area (Å²) in [4.78, 5) is 76.9. The number of halogens is 2. The first-order valence-electron chi connectivity index (χ1n) is 20.9. The largest absolute Gasteiger partial charge is 0.457 e. The van der Waals surface area contributed by atoms with Crippen LogP contribution >= 0.6 is 23.2 Å². The molecular weight excluding hydrogens is 932 g/mol. The van der Waals surface area contributed by atoms with Crippen molar-refractivity contribution in [1.82, 2.24) is 20.6 Å². The summed E-state index contributed by atoms with van der Waals surface area (Å²) in [6.07, 6.45) is 3.20. The lowest BCUT2D eigenvalue weighted by Gasteiger charge is -2.14. The van der Waals surface area contributed by atoms with Crippen LogP contribution in [0.2, 0.25) is 42.3 Å². The Morgan fingerprint density at radius 2 is 0.910 bits per heavy atom. The average Bonchev–Trinajstić information content (AvgIpc) is 3.26. The molecular formula is C47H52Cl2N8O8Si2. The van der Waals surface area contributed by atoms with Gasteiger partial charge in [0.05, 0.1) is 0 Å². The number of carbonyl (C=O) groups is 4. The number of nitrogens with one attached hydrogen (secondary N) is 6. The van der Waals surface area contributed by atoms with E-state index in [1.54, 1.807) is 116 Å². The highest BCUT2D eigenvalue weighted by molar-refractivity contribution is 6.70. The van der Waals surface area contributed by atoms with Crippen molar-refractivity contribution >= 4 is 86.5 Å². The highest BCUT2D eigenvalue weighted by Gasteiger charge is 2.20. The summed E-state index contributed by atoms with van der Waals surface area (Å²) < 4.78 is 11.6. The Kier molecular flexibility index (Phi) is 18.0. The van der Waals surface area contributed by atoms with E-state index in [0.29, 0.717) is 68.4 Å². The number of amides is 6. The van der Waals surface area contributed by atoms with Gasteiger partial charge in [-0.3, -0.25) is 19.6 Å². The fraction of sp³-hybridized carbons (Fsp3) is 0.191. The van der Waals surface area contributed by atoms with Crippen molar-refractivity contribution in [2.24, 2.45) is 0 Å². The standard InChI is InChI=1S/C24H27ClN4O4Si.C23H25ClN4O4Si/c1-16-14-18(6-9-21(16)25)29-24(31)28-17-4-7-19(8-5-17)33-20-10-11-26-22(15-20)23(30)27-12-13-34(2,3)32;1-15-12-17(6-9-20(15)24)28-23(30)27-16-4-7-18(8-5-16)32-19-10-11-25-21(13-19)22(29)26-14-33(2,3)31/h4-11,14-15,32H,12-13H2,1-3H3,(H,27,30)(H2,28,29,31);4-13,31H,14H2,1-3H3,(H,26,29)(H2,27,28,30). The summed E-state index contributed by atoms with van der Waals surface area (Å²) in [6.45, 7) is 11.2. The Morgan fingerprint density at radius 1 is 0.522 bits per heavy atom. The fourth-order valence-corrected chi connectivity index (χ4v) is 7.24. The average molecular weight is 984 g/mol. The molecule has 0 aliphatic carbocycles. The molecule has 0 radical (unpaired) electrons. The molecule has 2 aromatic heterocycles. The number of benzene rings is 4. The summed E-state index contributed by atoms with van der Waals surface area (Å²) in [5.74, 6) is 1.24. The van der Waals surface area contributed by atoms with Gasteiger partial charge in [-0.1, -0.05) is 23.2 Å². The molecule has 0 fully saturated rings. The zero-order chi connectivity index (χ0) is 48.7. The minimum absolute atomic E-state index is 0.193. The van der Waals surface area contributed by atoms with E-state index in [-0.39, 0.29) is 41.4 Å². The van der Waals surface area contributed by atoms with Gasteiger partial charge in [0.2, 0.25) is 8.32 Å². The Bertz CT molecular complexity index is 2680. The second-order valence-corrected chi connectivity index (χ2v) is 25.3. The molecule has 6 amide bonds. The first-order chi connectivity index (χ1) is 31.7. The lowest BCUT2D eigenvalue weighted by atomic mass is 10.2. The Labute approximate surface area is 400 Å². The highest BCUT2D eigenvalue weighted by Crippen LogP contribution is 2.26. The van der Waals surface area contributed by atoms with E-state index in [4.69, 9.17) is 32.7 Å². The van der Waals surface area contributed by atoms with Gasteiger partial charge in [-0.15, -0.1) is 0 Å². The maximum Gasteiger partial charge on any atom is 0.323 e. The van der Waals surface area contributed by atoms with Crippen molar-refractivity contribution in [2.75, 3.05) is 34.0 Å². The highest BCUT2D eigenvalue weighted by atomic mass is 35.5. The third-order valence-corrected chi connectivity index (χ3v) is 12.5. The molecule has 0 atom stereocenters. The van der Waals surface area contributed by atoms with Gasteiger partial charge < -0.3 is 51.0 Å². The molecule has 67 heavy (non-hydrogen) atoms. The third-order valence-electron chi connectivity index (χ3n) is 9.16. The Hall–Kier alpha value is -6.81. The molecule has 0 saturated carbocycles. The molecule has 4 aromatic carbocycles. The minimum atomic E-state index is -2.40. The van der Waals surface area contributed by atoms with Crippen LogP contribution in [0.4, 0.5) is 32.3 Å². The number of nitrogens with zero attached hydrogens (tertiary/aromatic N) is 2. The first kappa shape index (κ1) is 51.2. The predicted octanol–water partition coefficient (Wildman–Crippen LogP) is 10.4. The van der Waals surface area contributed by atoms with Crippen molar-refractivity contribution in [1.29, 1.82) is 0 Å². The number of hydrogen-bond acceptors (Lipinski definition) is 10. The summed E-state index contributed by atoms with van der Waals surface area (Å²) in [6, 6.07) is 30.2. The van der Waals surface area contributed by atoms with Gasteiger partial charge in [0.15, 0.2) is 8.32 Å². The van der Waals surface area contributed by atoms with Gasteiger partial charge in [0.25, 0.3) is 11.8 Å². The number of urea groups is 2. The van der Waals surface area contributed by atoms with Crippen LogP contribution in [0, 0.1) is 13.8 Å². The number of rotatable bonds is 15. The second-order valence-electron chi connectivity index (χ2n) is 16.4. The van der Waals surface area contributed by atoms with Crippen LogP contribution in [0.3, 0.4) is 0 Å². The SMILES string of the molecule is Cc1cc(NC(=O)Nc2ccc(Oc3ccnc(C(=O)NCC[Si](C)(C)O)c3)cc2)ccc1Cl.Cc1cc(NC(=O)Nc2ccc(Oc3ccnc(C(=O)NC[Si](C)(C)O)c3)cc2)ccc1Cl. The van der Waals surface area contributed by atoms with Gasteiger partial charge >= 0.3 is 12.1 Å². The summed E-state index contributed by atoms with van der Waals surface area (Å²) in [7, 11) is -4.62. The predicted molar refractivity (Wildman–Crippen MR) is 268 cm³/mol. The fourth-order valence-electron chi connectivity index (χ4n) is 5.67. The van der Waals surface area contributed by atoms with E-state index in [1.807, 2.05) is 26.9 Å². The summed E-state index contributed by atoms with van der Waals surface area (Å²) in [5, 5.41) is 17.7. The number of carbonyl (C=O) groups excluding carboxylic acids is 4. The van der Waals surface area contributed by atoms with Crippen LogP contribution in [0.25, 0.3) is 0 Å². The molecule has 16 nitrogen and oxygen atoms in total. The van der Waals surface area contributed by atoms with Gasteiger partial charge in [-0.05, 0) is 154 Å². The molecule has 0 unspecified atom stereocenters. The lowest BCUT2D eigenvalue weighted by molar-refractivity contribution is 0.0943. The van der Waals surface area contributed by atoms with Gasteiger partial charge in [0, 0.05) is 70.0 Å². The van der Waals surface area contributed by atoms with Crippen molar-refractivity contribution in [3.8, 4) is 23.0 Å². The number of pyridine rings is 2. The molecule has 0 spiro atoms. The van der Waals surface area contributed by atoms with E-state index < -0.39 is 16.6 Å². The summed E-state index contributed by atoms with van der Waals surface area (Å²) >= 11 is 12.0. The first-order valence-corrected chi connectivity index (χ1v) is 27.9. The molecule has 6 rings (SSSR count). The van der Waals surface area contributed by atoms with Crippen LogP contribution in [-0.2, 0) is 0 Å². The topological polar surface area (TPSA) is 225 Å². The molecule has 0 bridgehead atoms. The zero-order valence-corrected chi connectivity index (χ0v) is 41.2. The number of aromatic nitrogens is 2. The van der Waals surface area contributed by atoms with Crippen molar-refractivity contribution < 1.29 is 38.2 Å². The van der Waals surface area contributed by atoms with Gasteiger partial charge in [-0.25, -0.2) is 9.59 Å². The maximum atomic E-state index is 12.3. The minimum Gasteiger partial charge on any atom is -0.457 e. The Morgan fingerprint density at radius 3 is 1.30 bits per heavy atom. The van der Waals surface area contributed by atoms with Crippen LogP contribution in [0.5, 0.6) is 23.0 Å². The van der Waals surface area contributed by atoms with Crippen LogP contribution in [0.1, 0.15) is 32.1 Å². The van der Waals surface area contributed by atoms with Crippen LogP contribution < -0.4 is 41.4 Å². The molecule has 0 aliphatic rings. The monoisotopic (exact) mass is 982 g/mol. The lowest BCUT2D eigenvalue weighted by Crippen LogP contribution is -2.42. The normalized spacial score (nSPS) is 11.0. The van der Waals surface area contributed by atoms with Crippen molar-refractivity contribution in [3.63, 3.8) is 0 Å².